The smallest absolute Gasteiger partial charge is 0.231 e. The van der Waals surface area contributed by atoms with Crippen LogP contribution < -0.4 is 5.32 Å². The Labute approximate surface area is 114 Å². The van der Waals surface area contributed by atoms with Crippen molar-refractivity contribution >= 4 is 11.8 Å². The van der Waals surface area contributed by atoms with Gasteiger partial charge in [0.25, 0.3) is 0 Å². The molecule has 0 bridgehead atoms. The third kappa shape index (κ3) is 4.61. The Morgan fingerprint density at radius 3 is 2.56 bits per heavy atom. The summed E-state index contributed by atoms with van der Waals surface area (Å²) in [7, 11) is 0. The molecule has 5 heteroatoms. The van der Waals surface area contributed by atoms with E-state index in [4.69, 9.17) is 4.52 Å². The molecule has 18 heavy (non-hydrogen) atoms. The average molecular weight is 271 g/mol. The highest BCUT2D eigenvalue weighted by Crippen LogP contribution is 2.21. The molecule has 0 spiro atoms. The van der Waals surface area contributed by atoms with Crippen LogP contribution in [0.15, 0.2) is 4.52 Å². The molecule has 0 aliphatic heterocycles. The number of nitrogens with one attached hydrogen (secondary N) is 1. The van der Waals surface area contributed by atoms with Gasteiger partial charge in [-0.1, -0.05) is 39.8 Å². The van der Waals surface area contributed by atoms with Crippen LogP contribution in [0, 0.1) is 0 Å². The molecule has 1 rings (SSSR count). The Hall–Kier alpha value is -0.550. The van der Waals surface area contributed by atoms with Crippen LogP contribution in [0.25, 0.3) is 0 Å². The zero-order chi connectivity index (χ0) is 13.5. The van der Waals surface area contributed by atoms with E-state index in [1.54, 1.807) is 0 Å². The van der Waals surface area contributed by atoms with Gasteiger partial charge in [0, 0.05) is 6.04 Å². The van der Waals surface area contributed by atoms with Gasteiger partial charge in [-0.15, -0.1) is 0 Å². The van der Waals surface area contributed by atoms with Gasteiger partial charge < -0.3 is 9.84 Å². The molecule has 0 aliphatic rings. The molecule has 0 saturated heterocycles. The van der Waals surface area contributed by atoms with Gasteiger partial charge in [0.2, 0.25) is 5.89 Å². The third-order valence-electron chi connectivity index (χ3n) is 2.93. The summed E-state index contributed by atoms with van der Waals surface area (Å²) in [4.78, 5) is 4.49. The SMILES string of the molecule is CCNC(CC)C(C)c1nc(CSC(C)C)no1. The second-order valence-electron chi connectivity index (χ2n) is 4.77. The zero-order valence-electron chi connectivity index (χ0n) is 12.1. The standard InChI is InChI=1S/C13H25N3OS/c1-6-11(14-7-2)10(5)13-15-12(16-17-13)8-18-9(3)4/h9-11,14H,6-8H2,1-5H3. The van der Waals surface area contributed by atoms with Crippen LogP contribution in [-0.4, -0.2) is 28.0 Å². The second kappa shape index (κ2) is 7.79. The fourth-order valence-electron chi connectivity index (χ4n) is 1.86. The molecule has 2 atom stereocenters. The van der Waals surface area contributed by atoms with E-state index in [-0.39, 0.29) is 5.92 Å². The molecule has 1 heterocycles. The van der Waals surface area contributed by atoms with Crippen LogP contribution in [0.5, 0.6) is 0 Å². The number of aromatic nitrogens is 2. The van der Waals surface area contributed by atoms with Crippen molar-refractivity contribution in [1.29, 1.82) is 0 Å². The summed E-state index contributed by atoms with van der Waals surface area (Å²) in [6, 6.07) is 0.404. The van der Waals surface area contributed by atoms with Crippen LogP contribution in [-0.2, 0) is 5.75 Å². The van der Waals surface area contributed by atoms with E-state index < -0.39 is 0 Å². The predicted molar refractivity (Wildman–Crippen MR) is 76.9 cm³/mol. The van der Waals surface area contributed by atoms with Crippen LogP contribution in [0.1, 0.15) is 58.7 Å². The minimum atomic E-state index is 0.264. The molecule has 104 valence electrons. The van der Waals surface area contributed by atoms with E-state index in [0.717, 1.165) is 30.4 Å². The summed E-state index contributed by atoms with van der Waals surface area (Å²) in [6.07, 6.45) is 1.06. The van der Waals surface area contributed by atoms with E-state index in [1.165, 1.54) is 0 Å². The lowest BCUT2D eigenvalue weighted by atomic mass is 9.99. The maximum atomic E-state index is 5.37. The lowest BCUT2D eigenvalue weighted by molar-refractivity contribution is 0.320. The second-order valence-corrected chi connectivity index (χ2v) is 6.33. The number of hydrogen-bond acceptors (Lipinski definition) is 5. The minimum absolute atomic E-state index is 0.264. The lowest BCUT2D eigenvalue weighted by Crippen LogP contribution is -2.33. The number of nitrogens with zero attached hydrogens (tertiary/aromatic N) is 2. The van der Waals surface area contributed by atoms with Crippen LogP contribution in [0.2, 0.25) is 0 Å². The van der Waals surface area contributed by atoms with Crippen molar-refractivity contribution in [3.05, 3.63) is 11.7 Å². The molecule has 0 amide bonds. The number of rotatable bonds is 8. The molecular weight excluding hydrogens is 246 g/mol. The fraction of sp³-hybridized carbons (Fsp3) is 0.846. The molecular formula is C13H25N3OS. The Morgan fingerprint density at radius 1 is 1.28 bits per heavy atom. The van der Waals surface area contributed by atoms with Crippen molar-refractivity contribution in [3.63, 3.8) is 0 Å². The molecule has 1 aromatic heterocycles. The molecule has 2 unspecified atom stereocenters. The topological polar surface area (TPSA) is 51.0 Å². The van der Waals surface area contributed by atoms with Crippen molar-refractivity contribution in [2.75, 3.05) is 6.54 Å². The molecule has 0 aromatic carbocycles. The first-order valence-electron chi connectivity index (χ1n) is 6.75. The first-order chi connectivity index (χ1) is 8.58. The Kier molecular flexibility index (Phi) is 6.71. The highest BCUT2D eigenvalue weighted by molar-refractivity contribution is 7.99. The maximum absolute atomic E-state index is 5.37. The number of likely N-dealkylation sites (N-methyl/N-ethyl adjacent to an activating group) is 1. The Balaban J connectivity index is 2.60. The normalized spacial score (nSPS) is 15.0. The van der Waals surface area contributed by atoms with Crippen molar-refractivity contribution in [1.82, 2.24) is 15.5 Å². The van der Waals surface area contributed by atoms with Gasteiger partial charge in [-0.2, -0.15) is 16.7 Å². The monoisotopic (exact) mass is 271 g/mol. The largest absolute Gasteiger partial charge is 0.339 e. The first-order valence-corrected chi connectivity index (χ1v) is 7.80. The van der Waals surface area contributed by atoms with Gasteiger partial charge in [-0.05, 0) is 18.2 Å². The van der Waals surface area contributed by atoms with Crippen molar-refractivity contribution in [2.24, 2.45) is 0 Å². The zero-order valence-corrected chi connectivity index (χ0v) is 12.9. The van der Waals surface area contributed by atoms with E-state index in [9.17, 15) is 0 Å². The van der Waals surface area contributed by atoms with E-state index >= 15 is 0 Å². The highest BCUT2D eigenvalue weighted by atomic mass is 32.2. The summed E-state index contributed by atoms with van der Waals surface area (Å²) in [5, 5.41) is 8.10. The van der Waals surface area contributed by atoms with Gasteiger partial charge in [-0.3, -0.25) is 0 Å². The van der Waals surface area contributed by atoms with Crippen LogP contribution in [0.4, 0.5) is 0 Å². The molecule has 0 radical (unpaired) electrons. The van der Waals surface area contributed by atoms with Crippen molar-refractivity contribution in [3.8, 4) is 0 Å². The van der Waals surface area contributed by atoms with Crippen LogP contribution in [0.3, 0.4) is 0 Å². The highest BCUT2D eigenvalue weighted by Gasteiger charge is 2.22. The Bertz CT molecular complexity index is 341. The molecule has 0 fully saturated rings. The average Bonchev–Trinajstić information content (AvgIpc) is 2.81. The minimum Gasteiger partial charge on any atom is -0.339 e. The summed E-state index contributed by atoms with van der Waals surface area (Å²) in [5.41, 5.74) is 0. The summed E-state index contributed by atoms with van der Waals surface area (Å²) >= 11 is 1.83. The van der Waals surface area contributed by atoms with Gasteiger partial charge in [0.1, 0.15) is 0 Å². The molecule has 1 N–H and O–H groups in total. The molecule has 0 saturated carbocycles. The van der Waals surface area contributed by atoms with Gasteiger partial charge >= 0.3 is 0 Å². The van der Waals surface area contributed by atoms with E-state index in [2.05, 4.69) is 50.1 Å². The predicted octanol–water partition coefficient (Wildman–Crippen LogP) is 3.20. The Morgan fingerprint density at radius 2 is 2.00 bits per heavy atom. The first kappa shape index (κ1) is 15.5. The molecule has 0 aliphatic carbocycles. The van der Waals surface area contributed by atoms with Crippen LogP contribution >= 0.6 is 11.8 Å². The lowest BCUT2D eigenvalue weighted by Gasteiger charge is -2.20. The van der Waals surface area contributed by atoms with Gasteiger partial charge in [0.05, 0.1) is 11.7 Å². The summed E-state index contributed by atoms with van der Waals surface area (Å²) < 4.78 is 5.37. The van der Waals surface area contributed by atoms with Gasteiger partial charge in [-0.25, -0.2) is 0 Å². The third-order valence-corrected chi connectivity index (χ3v) is 4.02. The van der Waals surface area contributed by atoms with E-state index in [1.807, 2.05) is 11.8 Å². The molecule has 4 nitrogen and oxygen atoms in total. The maximum Gasteiger partial charge on any atom is 0.231 e. The quantitative estimate of drug-likeness (QED) is 0.787. The summed E-state index contributed by atoms with van der Waals surface area (Å²) in [5.74, 6) is 2.65. The number of thioether (sulfide) groups is 1. The van der Waals surface area contributed by atoms with Crippen molar-refractivity contribution < 1.29 is 4.52 Å². The van der Waals surface area contributed by atoms with E-state index in [0.29, 0.717) is 11.3 Å². The fourth-order valence-corrected chi connectivity index (χ4v) is 2.46. The summed E-state index contributed by atoms with van der Waals surface area (Å²) in [6.45, 7) is 11.7. The number of hydrogen-bond donors (Lipinski definition) is 1. The molecule has 1 aromatic rings. The van der Waals surface area contributed by atoms with Gasteiger partial charge in [0.15, 0.2) is 5.82 Å². The van der Waals surface area contributed by atoms with Crippen molar-refractivity contribution in [2.45, 2.75) is 64.0 Å².